The molecular formula is C22H32O3. The number of hydrogen-bond acceptors (Lipinski definition) is 3. The first-order chi connectivity index (χ1) is 11.6. The molecule has 3 nitrogen and oxygen atoms in total. The number of allylic oxidation sites excluding steroid dienone is 4. The topological polar surface area (TPSA) is 43.4 Å². The molecule has 3 heteroatoms. The van der Waals surface area contributed by atoms with Gasteiger partial charge in [-0.05, 0) is 75.4 Å². The van der Waals surface area contributed by atoms with Gasteiger partial charge in [-0.15, -0.1) is 0 Å². The second-order valence-corrected chi connectivity index (χ2v) is 8.31. The van der Waals surface area contributed by atoms with Crippen molar-refractivity contribution in [3.63, 3.8) is 0 Å². The van der Waals surface area contributed by atoms with E-state index in [2.05, 4.69) is 26.5 Å². The highest BCUT2D eigenvalue weighted by molar-refractivity contribution is 5.99. The first-order valence-corrected chi connectivity index (χ1v) is 9.35. The Morgan fingerprint density at radius 3 is 2.56 bits per heavy atom. The van der Waals surface area contributed by atoms with E-state index < -0.39 is 0 Å². The molecule has 138 valence electrons. The summed E-state index contributed by atoms with van der Waals surface area (Å²) in [6, 6.07) is 0. The predicted molar refractivity (Wildman–Crippen MR) is 101 cm³/mol. The van der Waals surface area contributed by atoms with Gasteiger partial charge in [0.2, 0.25) is 0 Å². The van der Waals surface area contributed by atoms with Gasteiger partial charge in [-0.1, -0.05) is 30.7 Å². The Balaban J connectivity index is 2.44. The van der Waals surface area contributed by atoms with Crippen molar-refractivity contribution in [2.24, 2.45) is 11.3 Å². The highest BCUT2D eigenvalue weighted by Crippen LogP contribution is 2.52. The molecule has 2 aliphatic carbocycles. The lowest BCUT2D eigenvalue weighted by molar-refractivity contribution is -0.146. The van der Waals surface area contributed by atoms with Crippen molar-refractivity contribution < 1.29 is 14.3 Å². The minimum atomic E-state index is -0.305. The molecule has 0 unspecified atom stereocenters. The summed E-state index contributed by atoms with van der Waals surface area (Å²) in [6.07, 6.45) is 6.90. The second-order valence-electron chi connectivity index (χ2n) is 8.31. The maximum Gasteiger partial charge on any atom is 0.303 e. The van der Waals surface area contributed by atoms with Gasteiger partial charge in [-0.3, -0.25) is 9.59 Å². The zero-order valence-electron chi connectivity index (χ0n) is 16.4. The van der Waals surface area contributed by atoms with E-state index in [1.165, 1.54) is 12.5 Å². The smallest absolute Gasteiger partial charge is 0.303 e. The fourth-order valence-electron chi connectivity index (χ4n) is 4.49. The van der Waals surface area contributed by atoms with Crippen LogP contribution in [0.15, 0.2) is 34.9 Å². The van der Waals surface area contributed by atoms with Gasteiger partial charge in [0.15, 0.2) is 5.78 Å². The van der Waals surface area contributed by atoms with Gasteiger partial charge < -0.3 is 4.74 Å². The third-order valence-corrected chi connectivity index (χ3v) is 5.79. The van der Waals surface area contributed by atoms with Crippen LogP contribution in [-0.2, 0) is 14.3 Å². The number of carbonyl (C=O) groups is 2. The molecule has 2 rings (SSSR count). The number of ketones is 1. The molecule has 0 aromatic rings. The lowest BCUT2D eigenvalue weighted by Gasteiger charge is -2.35. The number of carbonyl (C=O) groups excluding carboxylic acids is 2. The van der Waals surface area contributed by atoms with Crippen LogP contribution < -0.4 is 0 Å². The minimum absolute atomic E-state index is 0.183. The van der Waals surface area contributed by atoms with Crippen molar-refractivity contribution in [3.8, 4) is 0 Å². The van der Waals surface area contributed by atoms with Gasteiger partial charge in [-0.25, -0.2) is 0 Å². The number of rotatable bonds is 1. The van der Waals surface area contributed by atoms with Gasteiger partial charge in [0.1, 0.15) is 6.10 Å². The molecule has 0 aromatic carbocycles. The zero-order chi connectivity index (χ0) is 18.8. The Hall–Kier alpha value is -1.64. The molecule has 0 aliphatic heterocycles. The van der Waals surface area contributed by atoms with Crippen LogP contribution in [-0.4, -0.2) is 17.9 Å². The quantitative estimate of drug-likeness (QED) is 0.367. The fraction of sp³-hybridized carbons (Fsp3) is 0.636. The molecule has 0 radical (unpaired) electrons. The summed E-state index contributed by atoms with van der Waals surface area (Å²) in [5.41, 5.74) is 4.27. The highest BCUT2D eigenvalue weighted by atomic mass is 16.5. The molecule has 0 N–H and O–H groups in total. The van der Waals surface area contributed by atoms with Crippen LogP contribution in [0, 0.1) is 11.3 Å². The highest BCUT2D eigenvalue weighted by Gasteiger charge is 2.48. The fourth-order valence-corrected chi connectivity index (χ4v) is 4.49. The second kappa shape index (κ2) is 7.72. The number of fused-ring (bicyclic) bond motifs is 1. The standard InChI is InChI=1S/C22H32O3/c1-14(2)21-18-11-10-15(3)8-7-9-16(4)20(25-17(5)23)13-22(18,6)12-19(21)24/h8,18,20H,4,7,9-13H2,1-3,5-6H3/b15-8+/t18-,20+,22+/m1/s1. The monoisotopic (exact) mass is 344 g/mol. The number of Topliss-reactive ketones (excluding diaryl/α,β-unsaturated/α-hetero) is 1. The van der Waals surface area contributed by atoms with E-state index >= 15 is 0 Å². The molecule has 0 heterocycles. The van der Waals surface area contributed by atoms with Gasteiger partial charge in [0.05, 0.1) is 0 Å². The molecule has 3 atom stereocenters. The van der Waals surface area contributed by atoms with Crippen molar-refractivity contribution in [2.75, 3.05) is 0 Å². The number of hydrogen-bond donors (Lipinski definition) is 0. The Labute approximate surface area is 152 Å². The average Bonchev–Trinajstić information content (AvgIpc) is 2.72. The van der Waals surface area contributed by atoms with Crippen LogP contribution in [0.3, 0.4) is 0 Å². The molecular weight excluding hydrogens is 312 g/mol. The summed E-state index contributed by atoms with van der Waals surface area (Å²) in [7, 11) is 0. The summed E-state index contributed by atoms with van der Waals surface area (Å²) >= 11 is 0. The van der Waals surface area contributed by atoms with Crippen LogP contribution in [0.25, 0.3) is 0 Å². The van der Waals surface area contributed by atoms with Crippen molar-refractivity contribution >= 4 is 11.8 Å². The zero-order valence-corrected chi connectivity index (χ0v) is 16.4. The predicted octanol–water partition coefficient (Wildman–Crippen LogP) is 5.32. The number of ether oxygens (including phenoxy) is 1. The molecule has 0 spiro atoms. The van der Waals surface area contributed by atoms with Gasteiger partial charge >= 0.3 is 5.97 Å². The van der Waals surface area contributed by atoms with Crippen molar-refractivity contribution in [1.82, 2.24) is 0 Å². The molecule has 0 bridgehead atoms. The normalized spacial score (nSPS) is 33.2. The SMILES string of the molecule is C=C1CC/C=C(\C)CC[C@@H]2C(=C(C)C)C(=O)C[C@@]2(C)C[C@@H]1OC(C)=O. The van der Waals surface area contributed by atoms with Crippen LogP contribution in [0.5, 0.6) is 0 Å². The van der Waals surface area contributed by atoms with E-state index in [1.807, 2.05) is 13.8 Å². The Morgan fingerprint density at radius 2 is 1.96 bits per heavy atom. The van der Waals surface area contributed by atoms with Crippen molar-refractivity contribution in [3.05, 3.63) is 34.9 Å². The summed E-state index contributed by atoms with van der Waals surface area (Å²) < 4.78 is 5.62. The van der Waals surface area contributed by atoms with E-state index in [1.54, 1.807) is 0 Å². The summed E-state index contributed by atoms with van der Waals surface area (Å²) in [5, 5.41) is 0. The van der Waals surface area contributed by atoms with E-state index in [9.17, 15) is 9.59 Å². The minimum Gasteiger partial charge on any atom is -0.458 e. The van der Waals surface area contributed by atoms with Gasteiger partial charge in [0.25, 0.3) is 0 Å². The summed E-state index contributed by atoms with van der Waals surface area (Å²) in [5.74, 6) is 0.204. The average molecular weight is 344 g/mol. The summed E-state index contributed by atoms with van der Waals surface area (Å²) in [4.78, 5) is 24.4. The van der Waals surface area contributed by atoms with Crippen LogP contribution in [0.1, 0.15) is 73.1 Å². The molecule has 0 amide bonds. The van der Waals surface area contributed by atoms with Gasteiger partial charge in [0, 0.05) is 13.3 Å². The first-order valence-electron chi connectivity index (χ1n) is 9.35. The molecule has 2 aliphatic rings. The molecule has 0 aromatic heterocycles. The summed E-state index contributed by atoms with van der Waals surface area (Å²) in [6.45, 7) is 14.1. The number of esters is 1. The molecule has 0 saturated heterocycles. The lowest BCUT2D eigenvalue weighted by atomic mass is 9.71. The molecule has 1 fully saturated rings. The van der Waals surface area contributed by atoms with Crippen LogP contribution >= 0.6 is 0 Å². The third kappa shape index (κ3) is 4.50. The van der Waals surface area contributed by atoms with E-state index in [0.29, 0.717) is 12.8 Å². The van der Waals surface area contributed by atoms with Crippen molar-refractivity contribution in [1.29, 1.82) is 0 Å². The first kappa shape index (κ1) is 19.7. The maximum absolute atomic E-state index is 12.7. The maximum atomic E-state index is 12.7. The Morgan fingerprint density at radius 1 is 1.28 bits per heavy atom. The Kier molecular flexibility index (Phi) is 6.08. The van der Waals surface area contributed by atoms with Gasteiger partial charge in [-0.2, -0.15) is 0 Å². The van der Waals surface area contributed by atoms with Crippen LogP contribution in [0.2, 0.25) is 0 Å². The molecule has 1 saturated carbocycles. The third-order valence-electron chi connectivity index (χ3n) is 5.79. The lowest BCUT2D eigenvalue weighted by Crippen LogP contribution is -2.31. The van der Waals surface area contributed by atoms with E-state index in [-0.39, 0.29) is 29.2 Å². The largest absolute Gasteiger partial charge is 0.458 e. The van der Waals surface area contributed by atoms with Crippen molar-refractivity contribution in [2.45, 2.75) is 79.2 Å². The van der Waals surface area contributed by atoms with E-state index in [0.717, 1.165) is 42.4 Å². The Bertz CT molecular complexity index is 634. The van der Waals surface area contributed by atoms with E-state index in [4.69, 9.17) is 4.74 Å². The molecule has 25 heavy (non-hydrogen) atoms. The van der Waals surface area contributed by atoms with Crippen LogP contribution in [0.4, 0.5) is 0 Å².